The van der Waals surface area contributed by atoms with E-state index >= 15 is 0 Å². The van der Waals surface area contributed by atoms with Gasteiger partial charge in [0.05, 0.1) is 11.4 Å². The Balaban J connectivity index is 0.000000114. The number of para-hydroxylation sites is 1. The number of furan rings is 1. The molecule has 0 bridgehead atoms. The van der Waals surface area contributed by atoms with Crippen LogP contribution in [0.5, 0.6) is 0 Å². The Hall–Kier alpha value is -17.0. The van der Waals surface area contributed by atoms with Crippen molar-refractivity contribution in [2.24, 2.45) is 0 Å². The summed E-state index contributed by atoms with van der Waals surface area (Å²) < 4.78 is 8.76. The van der Waals surface area contributed by atoms with Gasteiger partial charge in [0.1, 0.15) is 11.2 Å². The van der Waals surface area contributed by atoms with Crippen LogP contribution in [0.1, 0.15) is 74.9 Å². The second kappa shape index (κ2) is 35.6. The maximum atomic E-state index is 6.09. The van der Waals surface area contributed by atoms with Gasteiger partial charge in [-0.1, -0.05) is 418 Å². The molecule has 0 saturated heterocycles. The number of hydrogen-bond donors (Lipinski definition) is 0. The van der Waals surface area contributed by atoms with Crippen LogP contribution in [0, 0.1) is 0 Å². The average Bonchev–Trinajstić information content (AvgIpc) is 1.55. The zero-order chi connectivity index (χ0) is 94.2. The molecule has 668 valence electrons. The van der Waals surface area contributed by atoms with E-state index in [1.165, 1.54) is 176 Å². The van der Waals surface area contributed by atoms with E-state index in [0.717, 1.165) is 61.8 Å². The number of anilines is 9. The lowest BCUT2D eigenvalue weighted by Gasteiger charge is -2.32. The number of hydrogen-bond acceptors (Lipinski definition) is 5. The third-order valence-electron chi connectivity index (χ3n) is 29.2. The van der Waals surface area contributed by atoms with Gasteiger partial charge in [-0.15, -0.1) is 11.3 Å². The van der Waals surface area contributed by atoms with Crippen molar-refractivity contribution in [1.82, 2.24) is 0 Å². The molecule has 0 atom stereocenters. The van der Waals surface area contributed by atoms with E-state index in [-0.39, 0.29) is 16.2 Å². The van der Waals surface area contributed by atoms with Crippen molar-refractivity contribution in [1.29, 1.82) is 0 Å². The van der Waals surface area contributed by atoms with Crippen molar-refractivity contribution in [2.45, 2.75) is 57.8 Å². The van der Waals surface area contributed by atoms with Gasteiger partial charge in [0.2, 0.25) is 0 Å². The topological polar surface area (TPSA) is 22.9 Å². The van der Waals surface area contributed by atoms with Crippen LogP contribution in [0.2, 0.25) is 0 Å². The fraction of sp³-hybridized carbons (Fsp3) is 0.0667. The van der Waals surface area contributed by atoms with Crippen LogP contribution in [-0.4, -0.2) is 0 Å². The first-order valence-electron chi connectivity index (χ1n) is 48.6. The van der Waals surface area contributed by atoms with Crippen molar-refractivity contribution < 1.29 is 4.42 Å². The molecular formula is C135H101N3OS. The van der Waals surface area contributed by atoms with Gasteiger partial charge in [0, 0.05) is 87.0 Å². The molecule has 23 aromatic rings. The lowest BCUT2D eigenvalue weighted by Crippen LogP contribution is -2.20. The minimum atomic E-state index is -0.137. The van der Waals surface area contributed by atoms with Gasteiger partial charge in [0.25, 0.3) is 0 Å². The van der Waals surface area contributed by atoms with Crippen molar-refractivity contribution in [3.8, 4) is 111 Å². The van der Waals surface area contributed by atoms with Gasteiger partial charge < -0.3 is 19.1 Å². The highest BCUT2D eigenvalue weighted by molar-refractivity contribution is 7.26. The molecule has 0 spiro atoms. The first kappa shape index (κ1) is 85.9. The molecule has 3 aliphatic rings. The number of benzene rings is 21. The average molecular weight is 1810 g/mol. The SMILES string of the molecule is CC1(C)c2ccccc2-c2cc(N(c3ccc(-c4ccccc4)cc3)c3ccc(-c4ccc5oc6ccccc6c5c4)cc3)ccc21.CC1(C)c2ccccc2-c2cccc(N(c3ccc(-c4ccccc4)cc3)c3ccc(-c4cccc(-c5ccccc5)c4)cc3)c21.CC1(C)c2ccccc2-c2cccc(N(c3ccc(-c4ccccc4)cc3)c3ccc(-c4cccc5c4sc4ccccc45)cc3)c21. The van der Waals surface area contributed by atoms with Crippen LogP contribution in [0.3, 0.4) is 0 Å². The molecule has 0 aliphatic heterocycles. The first-order valence-corrected chi connectivity index (χ1v) is 49.4. The Labute approximate surface area is 823 Å². The lowest BCUT2D eigenvalue weighted by molar-refractivity contribution is 0.660. The molecule has 3 aliphatic carbocycles. The normalized spacial score (nSPS) is 13.0. The second-order valence-electron chi connectivity index (χ2n) is 38.6. The van der Waals surface area contributed by atoms with Crippen molar-refractivity contribution >= 4 is 105 Å². The highest BCUT2D eigenvalue weighted by Crippen LogP contribution is 2.58. The van der Waals surface area contributed by atoms with Gasteiger partial charge in [-0.3, -0.25) is 0 Å². The molecule has 0 unspecified atom stereocenters. The van der Waals surface area contributed by atoms with Crippen LogP contribution in [0.15, 0.2) is 508 Å². The summed E-state index contributed by atoms with van der Waals surface area (Å²) in [6.45, 7) is 14.1. The van der Waals surface area contributed by atoms with Crippen molar-refractivity contribution in [3.05, 3.63) is 537 Å². The first-order chi connectivity index (χ1) is 68.7. The maximum Gasteiger partial charge on any atom is 0.135 e. The van der Waals surface area contributed by atoms with Gasteiger partial charge in [-0.2, -0.15) is 0 Å². The molecule has 0 saturated carbocycles. The molecule has 26 rings (SSSR count). The fourth-order valence-corrected chi connectivity index (χ4v) is 23.5. The predicted molar refractivity (Wildman–Crippen MR) is 594 cm³/mol. The molecule has 5 heteroatoms. The van der Waals surface area contributed by atoms with Gasteiger partial charge >= 0.3 is 0 Å². The summed E-state index contributed by atoms with van der Waals surface area (Å²) >= 11 is 1.88. The van der Waals surface area contributed by atoms with Crippen LogP contribution >= 0.6 is 11.3 Å². The maximum absolute atomic E-state index is 6.09. The third-order valence-corrected chi connectivity index (χ3v) is 30.4. The number of fused-ring (bicyclic) bond motifs is 15. The molecule has 140 heavy (non-hydrogen) atoms. The zero-order valence-electron chi connectivity index (χ0n) is 79.1. The van der Waals surface area contributed by atoms with E-state index in [9.17, 15) is 0 Å². The van der Waals surface area contributed by atoms with Crippen LogP contribution in [0.4, 0.5) is 51.2 Å². The summed E-state index contributed by atoms with van der Waals surface area (Å²) in [6.07, 6.45) is 0. The lowest BCUT2D eigenvalue weighted by atomic mass is 9.81. The van der Waals surface area contributed by atoms with E-state index in [4.69, 9.17) is 4.42 Å². The summed E-state index contributed by atoms with van der Waals surface area (Å²) in [5.41, 5.74) is 45.1. The Bertz CT molecular complexity index is 8580. The Morgan fingerprint density at radius 1 is 0.179 bits per heavy atom. The Morgan fingerprint density at radius 2 is 0.479 bits per heavy atom. The summed E-state index contributed by atoms with van der Waals surface area (Å²) in [5.74, 6) is 0. The standard InChI is InChI=1S/C45H33NO.C45H33NS.C45H35N/c1-45(2)41-14-8-6-12-37(41)39-29-36(25-26-42(39)45)46(34-21-16-31(17-22-34)30-10-4-3-5-11-30)35-23-18-32(19-24-35)33-20-27-44-40(28-33)38-13-7-9-15-43(38)47-44;1-45(2)40-19-8-6-14-36(40)38-17-11-20-41(43(38)45)46(33-26-22-31(23-27-33)30-12-4-3-5-13-30)34-28-24-32(25-29-34)35-16-10-18-39-37-15-7-9-21-42(37)47-44(35)39;1-45(2)42-21-10-9-19-40(42)41-20-12-22-43(44(41)45)46(38-27-23-34(24-28-38)32-13-5-3-6-14-32)39-29-25-35(26-30-39)37-18-11-17-36(31-37)33-15-7-4-8-16-33/h2*3-29H,1-2H3;3-31H,1-2H3. The van der Waals surface area contributed by atoms with Gasteiger partial charge in [0.15, 0.2) is 0 Å². The van der Waals surface area contributed by atoms with Crippen molar-refractivity contribution in [3.63, 3.8) is 0 Å². The number of rotatable bonds is 16. The van der Waals surface area contributed by atoms with E-state index in [2.05, 4.69) is 548 Å². The van der Waals surface area contributed by atoms with E-state index in [0.29, 0.717) is 0 Å². The van der Waals surface area contributed by atoms with Crippen molar-refractivity contribution in [2.75, 3.05) is 14.7 Å². The molecular weight excluding hydrogens is 1710 g/mol. The smallest absolute Gasteiger partial charge is 0.135 e. The molecule has 2 aromatic heterocycles. The van der Waals surface area contributed by atoms with Crippen LogP contribution < -0.4 is 14.7 Å². The summed E-state index contributed by atoms with van der Waals surface area (Å²) in [7, 11) is 0. The number of thiophene rings is 1. The quantitative estimate of drug-likeness (QED) is 0.0962. The highest BCUT2D eigenvalue weighted by Gasteiger charge is 2.42. The van der Waals surface area contributed by atoms with E-state index in [1.54, 1.807) is 0 Å². The minimum Gasteiger partial charge on any atom is -0.456 e. The molecule has 0 N–H and O–H groups in total. The van der Waals surface area contributed by atoms with E-state index in [1.807, 2.05) is 23.5 Å². The molecule has 0 radical (unpaired) electrons. The molecule has 0 amide bonds. The molecule has 2 heterocycles. The second-order valence-corrected chi connectivity index (χ2v) is 39.6. The largest absolute Gasteiger partial charge is 0.456 e. The highest BCUT2D eigenvalue weighted by atomic mass is 32.1. The van der Waals surface area contributed by atoms with Crippen LogP contribution in [0.25, 0.3) is 153 Å². The van der Waals surface area contributed by atoms with Gasteiger partial charge in [-0.05, 0) is 272 Å². The monoisotopic (exact) mass is 1810 g/mol. The zero-order valence-corrected chi connectivity index (χ0v) is 79.9. The third kappa shape index (κ3) is 15.4. The summed E-state index contributed by atoms with van der Waals surface area (Å²) in [6, 6.07) is 183. The van der Waals surface area contributed by atoms with E-state index < -0.39 is 0 Å². The van der Waals surface area contributed by atoms with Gasteiger partial charge in [-0.25, -0.2) is 0 Å². The minimum absolute atomic E-state index is 0.0321. The number of nitrogens with zero attached hydrogens (tertiary/aromatic N) is 3. The Kier molecular flexibility index (Phi) is 21.9. The predicted octanol–water partition coefficient (Wildman–Crippen LogP) is 38.3. The molecule has 0 fully saturated rings. The molecule has 21 aromatic carbocycles. The Morgan fingerprint density at radius 3 is 0.950 bits per heavy atom. The summed E-state index contributed by atoms with van der Waals surface area (Å²) in [5, 5.41) is 4.95. The fourth-order valence-electron chi connectivity index (χ4n) is 22.2. The summed E-state index contributed by atoms with van der Waals surface area (Å²) in [4.78, 5) is 7.26. The molecule has 4 nitrogen and oxygen atoms in total. The van der Waals surface area contributed by atoms with Crippen LogP contribution in [-0.2, 0) is 16.2 Å².